The van der Waals surface area contributed by atoms with Crippen LogP contribution in [0.4, 0.5) is 11.4 Å². The molecule has 0 aliphatic heterocycles. The van der Waals surface area contributed by atoms with Crippen LogP contribution in [-0.2, 0) is 0 Å². The second-order valence-corrected chi connectivity index (χ2v) is 12.6. The van der Waals surface area contributed by atoms with Crippen molar-refractivity contribution < 1.29 is 19.3 Å². The highest BCUT2D eigenvalue weighted by Gasteiger charge is 2.23. The molecule has 5 aromatic rings. The number of nitro groups is 2. The molecule has 2 heterocycles. The molecule has 0 atom stereocenters. The van der Waals surface area contributed by atoms with Gasteiger partial charge in [-0.1, -0.05) is 119 Å². The SMILES string of the molecule is CC(C)CCCOc1ccc([N+](=O)[O-])c(-c2ccccc2)n1.CC(C)CCCOc1nc(-c2ccccc2)c([N+](=O)[O-])cc1-c1ccccc1. The molecule has 260 valence electrons. The van der Waals surface area contributed by atoms with Gasteiger partial charge in [0.15, 0.2) is 11.4 Å². The average Bonchev–Trinajstić information content (AvgIpc) is 3.12. The largest absolute Gasteiger partial charge is 0.478 e. The van der Waals surface area contributed by atoms with Crippen molar-refractivity contribution in [3.63, 3.8) is 0 Å². The van der Waals surface area contributed by atoms with E-state index < -0.39 is 4.92 Å². The minimum Gasteiger partial charge on any atom is -0.478 e. The third-order valence-corrected chi connectivity index (χ3v) is 7.73. The van der Waals surface area contributed by atoms with Gasteiger partial charge in [-0.25, -0.2) is 9.97 Å². The highest BCUT2D eigenvalue weighted by Crippen LogP contribution is 2.38. The Bertz CT molecular complexity index is 1820. The van der Waals surface area contributed by atoms with Gasteiger partial charge in [0.25, 0.3) is 11.4 Å². The third-order valence-electron chi connectivity index (χ3n) is 7.73. The maximum absolute atomic E-state index is 11.7. The third kappa shape index (κ3) is 10.9. The standard InChI is InChI=1S/C23H24N2O3.C17H20N2O3/c1-17(2)10-9-15-28-23-20(18-11-5-3-6-12-18)16-21(25(26)27)22(24-23)19-13-7-4-8-14-19;1-13(2)7-6-12-22-16-11-10-15(19(20)21)17(18-16)14-8-4-3-5-9-14/h3-8,11-14,16-17H,9-10,15H2,1-2H3;3-5,8-11,13H,6-7,12H2,1-2H3. The Morgan fingerprint density at radius 1 is 0.580 bits per heavy atom. The molecule has 3 aromatic carbocycles. The van der Waals surface area contributed by atoms with Gasteiger partial charge in [0.1, 0.15) is 0 Å². The van der Waals surface area contributed by atoms with Gasteiger partial charge in [-0.3, -0.25) is 20.2 Å². The fourth-order valence-corrected chi connectivity index (χ4v) is 5.17. The monoisotopic (exact) mass is 676 g/mol. The molecule has 10 heteroatoms. The maximum Gasteiger partial charge on any atom is 0.296 e. The van der Waals surface area contributed by atoms with Crippen LogP contribution in [0.25, 0.3) is 33.6 Å². The second kappa shape index (κ2) is 18.8. The van der Waals surface area contributed by atoms with Crippen molar-refractivity contribution in [3.05, 3.63) is 129 Å². The zero-order chi connectivity index (χ0) is 35.9. The number of aromatic nitrogens is 2. The number of hydrogen-bond donors (Lipinski definition) is 0. The summed E-state index contributed by atoms with van der Waals surface area (Å²) in [5.41, 5.74) is 3.51. The Labute approximate surface area is 293 Å². The van der Waals surface area contributed by atoms with Crippen LogP contribution in [-0.4, -0.2) is 33.0 Å². The van der Waals surface area contributed by atoms with Crippen molar-refractivity contribution in [2.24, 2.45) is 11.8 Å². The Hall–Kier alpha value is -5.64. The van der Waals surface area contributed by atoms with Crippen LogP contribution >= 0.6 is 0 Å². The molecule has 50 heavy (non-hydrogen) atoms. The molecule has 0 saturated heterocycles. The number of hydrogen-bond acceptors (Lipinski definition) is 8. The molecule has 0 amide bonds. The molecular formula is C40H44N4O6. The van der Waals surface area contributed by atoms with E-state index in [0.29, 0.717) is 64.9 Å². The zero-order valence-corrected chi connectivity index (χ0v) is 29.0. The zero-order valence-electron chi connectivity index (χ0n) is 29.0. The van der Waals surface area contributed by atoms with Crippen molar-refractivity contribution >= 4 is 11.4 Å². The molecule has 0 N–H and O–H groups in total. The summed E-state index contributed by atoms with van der Waals surface area (Å²) in [6.07, 6.45) is 3.99. The van der Waals surface area contributed by atoms with Gasteiger partial charge in [0.05, 0.1) is 28.6 Å². The number of ether oxygens (including phenoxy) is 2. The Morgan fingerprint density at radius 3 is 1.52 bits per heavy atom. The van der Waals surface area contributed by atoms with Gasteiger partial charge < -0.3 is 9.47 Å². The Kier molecular flexibility index (Phi) is 14.0. The Morgan fingerprint density at radius 2 is 1.04 bits per heavy atom. The lowest BCUT2D eigenvalue weighted by Crippen LogP contribution is -2.05. The topological polar surface area (TPSA) is 131 Å². The highest BCUT2D eigenvalue weighted by atomic mass is 16.6. The van der Waals surface area contributed by atoms with E-state index in [1.807, 2.05) is 78.9 Å². The van der Waals surface area contributed by atoms with E-state index in [-0.39, 0.29) is 16.3 Å². The van der Waals surface area contributed by atoms with E-state index in [1.54, 1.807) is 24.3 Å². The van der Waals surface area contributed by atoms with Gasteiger partial charge in [-0.15, -0.1) is 0 Å². The highest BCUT2D eigenvalue weighted by molar-refractivity contribution is 5.79. The van der Waals surface area contributed by atoms with Crippen LogP contribution in [0.15, 0.2) is 109 Å². The van der Waals surface area contributed by atoms with E-state index in [1.165, 1.54) is 6.07 Å². The average molecular weight is 677 g/mol. The fraction of sp³-hybridized carbons (Fsp3) is 0.300. The molecular weight excluding hydrogens is 632 g/mol. The van der Waals surface area contributed by atoms with Crippen molar-refractivity contribution in [1.82, 2.24) is 9.97 Å². The van der Waals surface area contributed by atoms with Crippen LogP contribution in [0.5, 0.6) is 11.8 Å². The van der Waals surface area contributed by atoms with Gasteiger partial charge >= 0.3 is 0 Å². The molecule has 0 saturated carbocycles. The van der Waals surface area contributed by atoms with E-state index in [9.17, 15) is 20.2 Å². The molecule has 0 spiro atoms. The summed E-state index contributed by atoms with van der Waals surface area (Å²) in [7, 11) is 0. The molecule has 10 nitrogen and oxygen atoms in total. The summed E-state index contributed by atoms with van der Waals surface area (Å²) in [5, 5.41) is 22.9. The van der Waals surface area contributed by atoms with Crippen LogP contribution in [0, 0.1) is 32.1 Å². The maximum atomic E-state index is 11.7. The van der Waals surface area contributed by atoms with Crippen molar-refractivity contribution in [3.8, 4) is 45.4 Å². The summed E-state index contributed by atoms with van der Waals surface area (Å²) < 4.78 is 11.6. The second-order valence-electron chi connectivity index (χ2n) is 12.6. The summed E-state index contributed by atoms with van der Waals surface area (Å²) >= 11 is 0. The van der Waals surface area contributed by atoms with E-state index in [4.69, 9.17) is 9.47 Å². The van der Waals surface area contributed by atoms with Crippen LogP contribution in [0.1, 0.15) is 53.4 Å². The lowest BCUT2D eigenvalue weighted by molar-refractivity contribution is -0.384. The van der Waals surface area contributed by atoms with E-state index in [2.05, 4.69) is 37.7 Å². The van der Waals surface area contributed by atoms with Gasteiger partial charge in [-0.05, 0) is 43.1 Å². The van der Waals surface area contributed by atoms with Crippen molar-refractivity contribution in [1.29, 1.82) is 0 Å². The summed E-state index contributed by atoms with van der Waals surface area (Å²) in [6.45, 7) is 9.77. The molecule has 0 radical (unpaired) electrons. The summed E-state index contributed by atoms with van der Waals surface area (Å²) in [6, 6.07) is 32.4. The van der Waals surface area contributed by atoms with Crippen LogP contribution in [0.2, 0.25) is 0 Å². The lowest BCUT2D eigenvalue weighted by Gasteiger charge is -2.14. The summed E-state index contributed by atoms with van der Waals surface area (Å²) in [4.78, 5) is 31.0. The van der Waals surface area contributed by atoms with Gasteiger partial charge in [-0.2, -0.15) is 0 Å². The number of pyridine rings is 2. The quantitative estimate of drug-likeness (QED) is 0.0608. The molecule has 0 bridgehead atoms. The van der Waals surface area contributed by atoms with Crippen LogP contribution < -0.4 is 9.47 Å². The molecule has 0 fully saturated rings. The van der Waals surface area contributed by atoms with Gasteiger partial charge in [0.2, 0.25) is 11.8 Å². The summed E-state index contributed by atoms with van der Waals surface area (Å²) in [5.74, 6) is 2.09. The molecule has 5 rings (SSSR count). The molecule has 0 aliphatic rings. The first kappa shape index (κ1) is 37.2. The lowest BCUT2D eigenvalue weighted by atomic mass is 10.0. The van der Waals surface area contributed by atoms with Crippen molar-refractivity contribution in [2.45, 2.75) is 53.4 Å². The molecule has 0 unspecified atom stereocenters. The molecule has 0 aliphatic carbocycles. The van der Waals surface area contributed by atoms with Crippen LogP contribution in [0.3, 0.4) is 0 Å². The minimum absolute atomic E-state index is 0.0132. The van der Waals surface area contributed by atoms with E-state index in [0.717, 1.165) is 31.2 Å². The number of benzene rings is 3. The minimum atomic E-state index is -0.419. The predicted molar refractivity (Wildman–Crippen MR) is 197 cm³/mol. The normalized spacial score (nSPS) is 10.8. The molecule has 2 aromatic heterocycles. The van der Waals surface area contributed by atoms with E-state index >= 15 is 0 Å². The van der Waals surface area contributed by atoms with Gasteiger partial charge in [0, 0.05) is 29.3 Å². The van der Waals surface area contributed by atoms with Crippen molar-refractivity contribution in [2.75, 3.05) is 13.2 Å². The first-order valence-electron chi connectivity index (χ1n) is 16.9. The number of rotatable bonds is 15. The fourth-order valence-electron chi connectivity index (χ4n) is 5.17. The number of nitrogens with zero attached hydrogens (tertiary/aromatic N) is 4. The first-order valence-corrected chi connectivity index (χ1v) is 16.9. The smallest absolute Gasteiger partial charge is 0.296 e. The Balaban J connectivity index is 0.000000232. The first-order chi connectivity index (χ1) is 24.1. The predicted octanol–water partition coefficient (Wildman–Crippen LogP) is 10.6.